The molecule has 1 atom stereocenters. The molecular formula is C19H20FN5O3S. The van der Waals surface area contributed by atoms with E-state index >= 15 is 4.39 Å². The molecule has 1 aliphatic carbocycles. The van der Waals surface area contributed by atoms with Crippen molar-refractivity contribution in [1.82, 2.24) is 8.94 Å². The van der Waals surface area contributed by atoms with Crippen LogP contribution in [-0.4, -0.2) is 41.4 Å². The topological polar surface area (TPSA) is 106 Å². The number of hydrogen-bond donors (Lipinski definition) is 2. The number of anilines is 1. The molecule has 10 heteroatoms. The van der Waals surface area contributed by atoms with E-state index < -0.39 is 16.8 Å². The van der Waals surface area contributed by atoms with Gasteiger partial charge in [0.1, 0.15) is 23.1 Å². The minimum Gasteiger partial charge on any atom is -0.399 e. The summed E-state index contributed by atoms with van der Waals surface area (Å²) < 4.78 is 19.8. The molecule has 0 unspecified atom stereocenters. The minimum atomic E-state index is -0.502. The van der Waals surface area contributed by atoms with Gasteiger partial charge in [0.05, 0.1) is 23.5 Å². The summed E-state index contributed by atoms with van der Waals surface area (Å²) in [6.07, 6.45) is 1.94. The molecule has 0 radical (unpaired) electrons. The average molecular weight is 417 g/mol. The van der Waals surface area contributed by atoms with Crippen LogP contribution in [0.15, 0.2) is 26.9 Å². The Morgan fingerprint density at radius 3 is 2.86 bits per heavy atom. The predicted molar refractivity (Wildman–Crippen MR) is 112 cm³/mol. The second-order valence-corrected chi connectivity index (χ2v) is 8.34. The van der Waals surface area contributed by atoms with Crippen molar-refractivity contribution in [2.45, 2.75) is 18.9 Å². The summed E-state index contributed by atoms with van der Waals surface area (Å²) in [4.78, 5) is 32.5. The molecule has 1 saturated carbocycles. The molecule has 0 bridgehead atoms. The third kappa shape index (κ3) is 2.77. The smallest absolute Gasteiger partial charge is 0.271 e. The molecule has 1 saturated heterocycles. The predicted octanol–water partition coefficient (Wildman–Crippen LogP) is 1.78. The summed E-state index contributed by atoms with van der Waals surface area (Å²) in [6.45, 7) is 1.32. The van der Waals surface area contributed by atoms with Crippen LogP contribution in [0.25, 0.3) is 21.1 Å². The van der Waals surface area contributed by atoms with E-state index in [4.69, 9.17) is 10.6 Å². The van der Waals surface area contributed by atoms with Crippen LogP contribution in [0.4, 0.5) is 10.1 Å². The lowest BCUT2D eigenvalue weighted by Crippen LogP contribution is -2.24. The molecule has 3 aromatic rings. The lowest BCUT2D eigenvalue weighted by molar-refractivity contribution is 0.211. The van der Waals surface area contributed by atoms with Crippen molar-refractivity contribution in [1.29, 1.82) is 0 Å². The molecule has 2 aliphatic rings. The van der Waals surface area contributed by atoms with Gasteiger partial charge in [-0.05, 0) is 36.5 Å². The largest absolute Gasteiger partial charge is 0.399 e. The summed E-state index contributed by atoms with van der Waals surface area (Å²) in [7, 11) is 1.47. The maximum atomic E-state index is 15.1. The van der Waals surface area contributed by atoms with E-state index in [0.717, 1.165) is 30.1 Å². The Morgan fingerprint density at radius 2 is 2.17 bits per heavy atom. The highest BCUT2D eigenvalue weighted by Gasteiger charge is 2.33. The molecule has 2 aromatic heterocycles. The van der Waals surface area contributed by atoms with Gasteiger partial charge in [0.15, 0.2) is 0 Å². The molecule has 3 heterocycles. The number of pyridine rings is 1. The molecule has 1 aliphatic heterocycles. The van der Waals surface area contributed by atoms with Gasteiger partial charge in [0.25, 0.3) is 5.56 Å². The van der Waals surface area contributed by atoms with Crippen LogP contribution in [0.5, 0.6) is 0 Å². The van der Waals surface area contributed by atoms with Gasteiger partial charge in [0.2, 0.25) is 5.43 Å². The van der Waals surface area contributed by atoms with Gasteiger partial charge in [-0.2, -0.15) is 0 Å². The number of nitrogens with two attached hydrogens (primary N) is 1. The highest BCUT2D eigenvalue weighted by Crippen LogP contribution is 2.41. The van der Waals surface area contributed by atoms with E-state index in [0.29, 0.717) is 35.7 Å². The van der Waals surface area contributed by atoms with Crippen molar-refractivity contribution in [2.24, 2.45) is 16.8 Å². The Labute approximate surface area is 168 Å². The number of nitrogens with one attached hydrogen (secondary N) is 1. The minimum absolute atomic E-state index is 0.0203. The number of halogens is 1. The van der Waals surface area contributed by atoms with Gasteiger partial charge < -0.3 is 20.0 Å². The molecule has 29 heavy (non-hydrogen) atoms. The van der Waals surface area contributed by atoms with Gasteiger partial charge >= 0.3 is 0 Å². The zero-order valence-electron chi connectivity index (χ0n) is 15.8. The standard InChI is InChI=1S/C19H20FN5O3S/c1-28-22-13-8-24(7-9(13)6-21)15-5-14-11(4-12(15)20)17(26)16-18(27)23-29-19(16)25(14)10-2-3-10/h4-5,9-10H,2-3,6-8,21H2,1H3,(H,23,27)/t9-/m0/s1. The molecule has 3 N–H and O–H groups in total. The summed E-state index contributed by atoms with van der Waals surface area (Å²) in [5, 5.41) is 4.38. The molecule has 0 amide bonds. The van der Waals surface area contributed by atoms with E-state index in [-0.39, 0.29) is 22.7 Å². The Kier molecular flexibility index (Phi) is 4.21. The molecule has 0 spiro atoms. The van der Waals surface area contributed by atoms with Crippen molar-refractivity contribution in [3.05, 3.63) is 38.5 Å². The number of nitrogens with zero attached hydrogens (tertiary/aromatic N) is 3. The van der Waals surface area contributed by atoms with Gasteiger partial charge in [-0.3, -0.25) is 14.0 Å². The second-order valence-electron chi connectivity index (χ2n) is 7.54. The zero-order valence-corrected chi connectivity index (χ0v) is 16.6. The summed E-state index contributed by atoms with van der Waals surface area (Å²) in [5.74, 6) is -0.523. The number of H-pyrrole nitrogens is 1. The first-order chi connectivity index (χ1) is 14.0. The van der Waals surface area contributed by atoms with Crippen LogP contribution in [0.1, 0.15) is 18.9 Å². The van der Waals surface area contributed by atoms with E-state index in [2.05, 4.69) is 9.53 Å². The third-order valence-corrected chi connectivity index (χ3v) is 6.59. The Hall–Kier alpha value is -2.72. The van der Waals surface area contributed by atoms with Gasteiger partial charge in [-0.1, -0.05) is 5.16 Å². The number of hydrogen-bond acceptors (Lipinski definition) is 7. The van der Waals surface area contributed by atoms with Crippen LogP contribution >= 0.6 is 11.5 Å². The Balaban J connectivity index is 1.73. The number of oxime groups is 1. The second kappa shape index (κ2) is 6.67. The van der Waals surface area contributed by atoms with E-state index in [1.807, 2.05) is 9.47 Å². The maximum absolute atomic E-state index is 15.1. The molecule has 2 fully saturated rings. The quantitative estimate of drug-likeness (QED) is 0.630. The van der Waals surface area contributed by atoms with Crippen LogP contribution in [0, 0.1) is 11.7 Å². The number of aromatic nitrogens is 2. The number of aromatic amines is 1. The molecule has 8 nitrogen and oxygen atoms in total. The highest BCUT2D eigenvalue weighted by atomic mass is 32.1. The number of rotatable bonds is 4. The monoisotopic (exact) mass is 417 g/mol. The van der Waals surface area contributed by atoms with Crippen LogP contribution in [0.3, 0.4) is 0 Å². The SMILES string of the molecule is CON=C1CN(c2cc3c(cc2F)c(=O)c2c(=O)[nH]sc2n3C2CC2)C[C@@H]1CN. The van der Waals surface area contributed by atoms with Gasteiger partial charge in [0, 0.05) is 30.4 Å². The van der Waals surface area contributed by atoms with Crippen molar-refractivity contribution in [3.8, 4) is 0 Å². The zero-order chi connectivity index (χ0) is 20.3. The molecule has 1 aromatic carbocycles. The van der Waals surface area contributed by atoms with E-state index in [9.17, 15) is 9.59 Å². The maximum Gasteiger partial charge on any atom is 0.271 e. The fraction of sp³-hybridized carbons (Fsp3) is 0.421. The Bertz CT molecular complexity index is 1270. The first-order valence-electron chi connectivity index (χ1n) is 9.47. The fourth-order valence-corrected chi connectivity index (χ4v) is 5.08. The Morgan fingerprint density at radius 1 is 1.38 bits per heavy atom. The average Bonchev–Trinajstić information content (AvgIpc) is 3.35. The van der Waals surface area contributed by atoms with Crippen LogP contribution in [0.2, 0.25) is 0 Å². The van der Waals surface area contributed by atoms with Gasteiger partial charge in [-0.25, -0.2) is 4.39 Å². The van der Waals surface area contributed by atoms with Crippen LogP contribution < -0.4 is 21.6 Å². The first-order valence-corrected chi connectivity index (χ1v) is 10.3. The lowest BCUT2D eigenvalue weighted by atomic mass is 10.1. The summed E-state index contributed by atoms with van der Waals surface area (Å²) >= 11 is 1.16. The van der Waals surface area contributed by atoms with Crippen molar-refractivity contribution in [2.75, 3.05) is 31.6 Å². The number of fused-ring (bicyclic) bond motifs is 2. The van der Waals surface area contributed by atoms with Crippen LogP contribution in [-0.2, 0) is 4.84 Å². The third-order valence-electron chi connectivity index (χ3n) is 5.71. The van der Waals surface area contributed by atoms with E-state index in [1.54, 1.807) is 6.07 Å². The number of benzene rings is 1. The highest BCUT2D eigenvalue weighted by molar-refractivity contribution is 7.12. The van der Waals surface area contributed by atoms with E-state index in [1.165, 1.54) is 13.2 Å². The fourth-order valence-electron chi connectivity index (χ4n) is 4.15. The normalized spacial score (nSPS) is 21.0. The van der Waals surface area contributed by atoms with Crippen molar-refractivity contribution >= 4 is 44.1 Å². The lowest BCUT2D eigenvalue weighted by Gasteiger charge is -2.20. The van der Waals surface area contributed by atoms with Crippen molar-refractivity contribution in [3.63, 3.8) is 0 Å². The van der Waals surface area contributed by atoms with Crippen molar-refractivity contribution < 1.29 is 9.23 Å². The summed E-state index contributed by atoms with van der Waals surface area (Å²) in [6, 6.07) is 3.19. The van der Waals surface area contributed by atoms with Gasteiger partial charge in [-0.15, -0.1) is 0 Å². The first kappa shape index (κ1) is 18.3. The molecule has 152 valence electrons. The molecular weight excluding hydrogens is 397 g/mol. The summed E-state index contributed by atoms with van der Waals surface area (Å²) in [5.41, 5.74) is 6.82. The molecule has 5 rings (SSSR count).